The van der Waals surface area contributed by atoms with Crippen LogP contribution in [0.15, 0.2) is 0 Å². The Morgan fingerprint density at radius 3 is 1.50 bits per heavy atom. The van der Waals surface area contributed by atoms with Crippen molar-refractivity contribution < 1.29 is 64.1 Å². The Morgan fingerprint density at radius 2 is 1.50 bits per heavy atom. The van der Waals surface area contributed by atoms with Gasteiger partial charge in [-0.25, -0.2) is 0 Å². The molecule has 37 valence electrons. The van der Waals surface area contributed by atoms with Gasteiger partial charge < -0.3 is 1.43 Å². The molecule has 0 saturated heterocycles. The van der Waals surface area contributed by atoms with E-state index in [1.54, 1.807) is 0 Å². The van der Waals surface area contributed by atoms with E-state index < -0.39 is 15.4 Å². The van der Waals surface area contributed by atoms with Gasteiger partial charge in [-0.05, 0) is 0 Å². The Hall–Kier alpha value is 1.26. The Morgan fingerprint density at radius 1 is 1.50 bits per heavy atom. The van der Waals surface area contributed by atoms with E-state index in [0.29, 0.717) is 0 Å². The molecule has 0 fully saturated rings. The molecule has 0 aliphatic rings. The van der Waals surface area contributed by atoms with Crippen molar-refractivity contribution in [2.75, 3.05) is 0 Å². The summed E-state index contributed by atoms with van der Waals surface area (Å²) in [4.78, 5) is 0. The first-order chi connectivity index (χ1) is 1.73. The van der Waals surface area contributed by atoms with Crippen LogP contribution in [0.3, 0.4) is 0 Å². The standard InChI is InChI=1S/Cu.Li.H2O.2O.V.H/h;;1H2;;;;/q;+1;;;;+1;-1/p-1. The second kappa shape index (κ2) is 9.54. The van der Waals surface area contributed by atoms with Gasteiger partial charge in [-0.3, -0.25) is 0 Å². The molecule has 0 aromatic heterocycles. The summed E-state index contributed by atoms with van der Waals surface area (Å²) in [5.74, 6) is 0. The third-order valence-corrected chi connectivity index (χ3v) is 0. The summed E-state index contributed by atoms with van der Waals surface area (Å²) in [6, 6.07) is 0. The summed E-state index contributed by atoms with van der Waals surface area (Å²) in [6.45, 7) is 0. The van der Waals surface area contributed by atoms with Gasteiger partial charge in [-0.1, -0.05) is 0 Å². The minimum absolute atomic E-state index is 0. The first kappa shape index (κ1) is 15.7. The molecule has 1 N–H and O–H groups in total. The van der Waals surface area contributed by atoms with Crippen LogP contribution in [0, 0.1) is 0 Å². The molecule has 0 rings (SSSR count). The van der Waals surface area contributed by atoms with Crippen molar-refractivity contribution >= 4 is 0 Å². The van der Waals surface area contributed by atoms with E-state index in [-0.39, 0.29) is 37.4 Å². The van der Waals surface area contributed by atoms with Crippen molar-refractivity contribution in [3.63, 3.8) is 0 Å². The van der Waals surface area contributed by atoms with Crippen LogP contribution in [-0.4, -0.2) is 4.03 Å². The SMILES string of the molecule is [Cu].[H-].[Li+].[O]=[V](=[O])[OH]. The summed E-state index contributed by atoms with van der Waals surface area (Å²) in [7, 11) is 0. The normalized spacial score (nSPS) is 4.17. The van der Waals surface area contributed by atoms with Crippen LogP contribution in [0.25, 0.3) is 0 Å². The summed E-state index contributed by atoms with van der Waals surface area (Å²) < 4.78 is 24.4. The van der Waals surface area contributed by atoms with Crippen LogP contribution in [0.2, 0.25) is 0 Å². The summed E-state index contributed by atoms with van der Waals surface area (Å²) in [5.41, 5.74) is 0. The van der Waals surface area contributed by atoms with Crippen LogP contribution in [0.5, 0.6) is 0 Å². The van der Waals surface area contributed by atoms with Crippen molar-refractivity contribution in [1.82, 2.24) is 0 Å². The van der Waals surface area contributed by atoms with Gasteiger partial charge in [0.05, 0.1) is 0 Å². The van der Waals surface area contributed by atoms with Gasteiger partial charge in [0.1, 0.15) is 0 Å². The fourth-order valence-corrected chi connectivity index (χ4v) is 0. The quantitative estimate of drug-likeness (QED) is 0.382. The van der Waals surface area contributed by atoms with Crippen molar-refractivity contribution in [1.29, 1.82) is 0 Å². The van der Waals surface area contributed by atoms with Crippen LogP contribution in [0.1, 0.15) is 1.43 Å². The molecule has 6 heavy (non-hydrogen) atoms. The maximum absolute atomic E-state index is 8.67. The number of hydrogen-bond acceptors (Lipinski definition) is 2. The van der Waals surface area contributed by atoms with E-state index >= 15 is 0 Å². The molecule has 0 heterocycles. The van der Waals surface area contributed by atoms with Crippen molar-refractivity contribution in [2.45, 2.75) is 0 Å². The molecule has 6 heteroatoms. The summed E-state index contributed by atoms with van der Waals surface area (Å²) >= 11 is -3.69. The van der Waals surface area contributed by atoms with Gasteiger partial charge in [-0.15, -0.1) is 0 Å². The van der Waals surface area contributed by atoms with Gasteiger partial charge in [-0.2, -0.15) is 0 Å². The minimum atomic E-state index is -3.69. The Bertz CT molecular complexity index is 63.3. The van der Waals surface area contributed by atoms with E-state index in [4.69, 9.17) is 11.4 Å². The van der Waals surface area contributed by atoms with E-state index in [1.807, 2.05) is 0 Å². The Balaban J connectivity index is -0.0000000150. The molecule has 3 nitrogen and oxygen atoms in total. The summed E-state index contributed by atoms with van der Waals surface area (Å²) in [5, 5.41) is 0. The average molecular weight is 171 g/mol. The third kappa shape index (κ3) is 60.1. The van der Waals surface area contributed by atoms with Crippen LogP contribution in [0.4, 0.5) is 0 Å². The third-order valence-electron chi connectivity index (χ3n) is 0. The van der Waals surface area contributed by atoms with Gasteiger partial charge in [0.25, 0.3) is 0 Å². The monoisotopic (exact) mass is 171 g/mol. The van der Waals surface area contributed by atoms with E-state index in [1.165, 1.54) is 0 Å². The number of rotatable bonds is 0. The van der Waals surface area contributed by atoms with Gasteiger partial charge >= 0.3 is 45.6 Å². The second-order valence-electron chi connectivity index (χ2n) is 0.238. The summed E-state index contributed by atoms with van der Waals surface area (Å²) in [6.07, 6.45) is 0. The molecule has 0 unspecified atom stereocenters. The zero-order valence-electron chi connectivity index (χ0n) is 4.01. The van der Waals surface area contributed by atoms with Crippen LogP contribution < -0.4 is 18.9 Å². The molecule has 0 bridgehead atoms. The molecular weight excluding hydrogens is 169 g/mol. The van der Waals surface area contributed by atoms with Crippen molar-refractivity contribution in [2.24, 2.45) is 0 Å². The molecule has 0 aromatic carbocycles. The average Bonchev–Trinajstić information content (AvgIpc) is 0.811. The van der Waals surface area contributed by atoms with E-state index in [0.717, 1.165) is 0 Å². The molecule has 0 atom stereocenters. The second-order valence-corrected chi connectivity index (χ2v) is 0.981. The molecule has 1 radical (unpaired) electrons. The topological polar surface area (TPSA) is 54.4 Å². The van der Waals surface area contributed by atoms with Crippen molar-refractivity contribution in [3.05, 3.63) is 0 Å². The first-order valence-corrected chi connectivity index (χ1v) is 2.33. The zero-order valence-corrected chi connectivity index (χ0v) is 5.35. The molecule has 0 aromatic rings. The number of hydrogen-bond donors (Lipinski definition) is 1. The van der Waals surface area contributed by atoms with E-state index in [9.17, 15) is 0 Å². The molecule has 0 amide bonds. The maximum atomic E-state index is 8.67. The van der Waals surface area contributed by atoms with Gasteiger partial charge in [0.15, 0.2) is 0 Å². The Kier molecular flexibility index (Phi) is 24.9. The van der Waals surface area contributed by atoms with Crippen LogP contribution in [-0.2, 0) is 39.8 Å². The fourth-order valence-electron chi connectivity index (χ4n) is 0. The molecule has 0 aliphatic heterocycles. The molecule has 0 spiro atoms. The van der Waals surface area contributed by atoms with Gasteiger partial charge in [0.2, 0.25) is 0 Å². The Labute approximate surface area is 64.0 Å². The predicted octanol–water partition coefficient (Wildman–Crippen LogP) is -3.68. The molecular formula is H2CuLiO3V. The van der Waals surface area contributed by atoms with Crippen molar-refractivity contribution in [3.8, 4) is 0 Å². The van der Waals surface area contributed by atoms with Crippen LogP contribution >= 0.6 is 0 Å². The van der Waals surface area contributed by atoms with Gasteiger partial charge in [0, 0.05) is 17.1 Å². The first-order valence-electron chi connectivity index (χ1n) is 0.565. The molecule has 0 saturated carbocycles. The zero-order chi connectivity index (χ0) is 3.58. The van der Waals surface area contributed by atoms with E-state index in [2.05, 4.69) is 0 Å². The predicted molar refractivity (Wildman–Crippen MR) is 4.70 cm³/mol. The fraction of sp³-hybridized carbons (Fsp3) is 0. The molecule has 0 aliphatic carbocycles.